The van der Waals surface area contributed by atoms with Crippen molar-refractivity contribution in [3.05, 3.63) is 0 Å². The molecule has 2 unspecified atom stereocenters. The van der Waals surface area contributed by atoms with E-state index in [0.717, 1.165) is 32.3 Å². The van der Waals surface area contributed by atoms with Crippen LogP contribution in [0.15, 0.2) is 0 Å². The van der Waals surface area contributed by atoms with E-state index < -0.39 is 13.0 Å². The third-order valence-corrected chi connectivity index (χ3v) is 2.76. The summed E-state index contributed by atoms with van der Waals surface area (Å²) in [5, 5.41) is 0. The summed E-state index contributed by atoms with van der Waals surface area (Å²) in [7, 11) is 0. The summed E-state index contributed by atoms with van der Waals surface area (Å²) in [4.78, 5) is 0. The summed E-state index contributed by atoms with van der Waals surface area (Å²) in [5.74, 6) is 0. The second-order valence-electron chi connectivity index (χ2n) is 4.23. The Balaban J connectivity index is 1.91. The maximum absolute atomic E-state index is 11.7. The van der Waals surface area contributed by atoms with Crippen LogP contribution in [0.4, 0.5) is 8.78 Å². The molecule has 2 atom stereocenters. The second-order valence-corrected chi connectivity index (χ2v) is 4.23. The lowest BCUT2D eigenvalue weighted by Crippen LogP contribution is -2.24. The zero-order valence-electron chi connectivity index (χ0n) is 9.54. The summed E-state index contributed by atoms with van der Waals surface area (Å²) in [6.45, 7) is 0.687. The fraction of sp³-hybridized carbons (Fsp3) is 1.00. The Morgan fingerprint density at radius 1 is 1.38 bits per heavy atom. The molecule has 0 aromatic heterocycles. The van der Waals surface area contributed by atoms with Gasteiger partial charge in [0.15, 0.2) is 0 Å². The molecule has 1 aliphatic rings. The molecule has 1 saturated heterocycles. The molecule has 3 nitrogen and oxygen atoms in total. The first kappa shape index (κ1) is 13.8. The first-order valence-electron chi connectivity index (χ1n) is 5.91. The lowest BCUT2D eigenvalue weighted by atomic mass is 10.0. The third-order valence-electron chi connectivity index (χ3n) is 2.76. The Bertz CT molecular complexity index is 175. The minimum atomic E-state index is -2.39. The topological polar surface area (TPSA) is 44.5 Å². The Morgan fingerprint density at radius 2 is 2.19 bits per heavy atom. The van der Waals surface area contributed by atoms with Crippen LogP contribution in [-0.2, 0) is 9.47 Å². The fourth-order valence-corrected chi connectivity index (χ4v) is 1.82. The molecule has 0 aromatic carbocycles. The third kappa shape index (κ3) is 6.35. The van der Waals surface area contributed by atoms with Crippen LogP contribution in [0.1, 0.15) is 32.1 Å². The van der Waals surface area contributed by atoms with Crippen molar-refractivity contribution in [1.29, 1.82) is 0 Å². The summed E-state index contributed by atoms with van der Waals surface area (Å²) < 4.78 is 33.7. The molecular formula is C11H21F2NO2. The SMILES string of the molecule is NC(CCOCC(F)F)CCC1CCCO1. The summed E-state index contributed by atoms with van der Waals surface area (Å²) in [5.41, 5.74) is 5.85. The van der Waals surface area contributed by atoms with E-state index in [1.165, 1.54) is 0 Å². The van der Waals surface area contributed by atoms with E-state index >= 15 is 0 Å². The number of ether oxygens (including phenoxy) is 2. The van der Waals surface area contributed by atoms with Gasteiger partial charge in [-0.05, 0) is 32.1 Å². The zero-order valence-corrected chi connectivity index (χ0v) is 9.54. The predicted molar refractivity (Wildman–Crippen MR) is 57.6 cm³/mol. The van der Waals surface area contributed by atoms with Gasteiger partial charge in [-0.1, -0.05) is 0 Å². The van der Waals surface area contributed by atoms with E-state index in [-0.39, 0.29) is 6.04 Å². The van der Waals surface area contributed by atoms with E-state index in [0.29, 0.717) is 19.1 Å². The number of hydrogen-bond acceptors (Lipinski definition) is 3. The van der Waals surface area contributed by atoms with Gasteiger partial charge in [-0.15, -0.1) is 0 Å². The smallest absolute Gasteiger partial charge is 0.261 e. The van der Waals surface area contributed by atoms with Crippen LogP contribution in [0.5, 0.6) is 0 Å². The molecule has 1 rings (SSSR count). The Hall–Kier alpha value is -0.260. The zero-order chi connectivity index (χ0) is 11.8. The van der Waals surface area contributed by atoms with Crippen LogP contribution in [0, 0.1) is 0 Å². The largest absolute Gasteiger partial charge is 0.378 e. The van der Waals surface area contributed by atoms with Gasteiger partial charge in [0.1, 0.15) is 6.61 Å². The standard InChI is InChI=1S/C11H21F2NO2/c12-11(13)8-15-7-5-9(14)3-4-10-2-1-6-16-10/h9-11H,1-8,14H2. The van der Waals surface area contributed by atoms with Crippen LogP contribution >= 0.6 is 0 Å². The molecule has 0 amide bonds. The van der Waals surface area contributed by atoms with Gasteiger partial charge in [-0.25, -0.2) is 8.78 Å². The second kappa shape index (κ2) is 7.92. The van der Waals surface area contributed by atoms with Crippen molar-refractivity contribution in [2.45, 2.75) is 50.7 Å². The van der Waals surface area contributed by atoms with E-state index in [4.69, 9.17) is 15.2 Å². The van der Waals surface area contributed by atoms with E-state index in [1.807, 2.05) is 0 Å². The molecule has 1 heterocycles. The molecule has 96 valence electrons. The van der Waals surface area contributed by atoms with Gasteiger partial charge >= 0.3 is 0 Å². The molecule has 0 aromatic rings. The molecule has 0 radical (unpaired) electrons. The number of halogens is 2. The molecule has 16 heavy (non-hydrogen) atoms. The highest BCUT2D eigenvalue weighted by Gasteiger charge is 2.16. The van der Waals surface area contributed by atoms with Crippen LogP contribution in [0.25, 0.3) is 0 Å². The van der Waals surface area contributed by atoms with Crippen LogP contribution in [0.2, 0.25) is 0 Å². The van der Waals surface area contributed by atoms with Crippen molar-refractivity contribution >= 4 is 0 Å². The maximum atomic E-state index is 11.7. The van der Waals surface area contributed by atoms with Gasteiger partial charge in [0.25, 0.3) is 6.43 Å². The van der Waals surface area contributed by atoms with Crippen molar-refractivity contribution in [2.75, 3.05) is 19.8 Å². The summed E-state index contributed by atoms with van der Waals surface area (Å²) >= 11 is 0. The molecule has 0 bridgehead atoms. The molecule has 1 aliphatic heterocycles. The highest BCUT2D eigenvalue weighted by Crippen LogP contribution is 2.17. The lowest BCUT2D eigenvalue weighted by molar-refractivity contribution is 0.0147. The monoisotopic (exact) mass is 237 g/mol. The van der Waals surface area contributed by atoms with E-state index in [1.54, 1.807) is 0 Å². The average Bonchev–Trinajstić information content (AvgIpc) is 2.74. The van der Waals surface area contributed by atoms with Gasteiger partial charge in [-0.2, -0.15) is 0 Å². The Morgan fingerprint density at radius 3 is 2.81 bits per heavy atom. The van der Waals surface area contributed by atoms with Crippen molar-refractivity contribution in [2.24, 2.45) is 5.73 Å². The van der Waals surface area contributed by atoms with E-state index in [9.17, 15) is 8.78 Å². The summed E-state index contributed by atoms with van der Waals surface area (Å²) in [6, 6.07) is 0.0295. The molecular weight excluding hydrogens is 216 g/mol. The Labute approximate surface area is 95.3 Å². The quantitative estimate of drug-likeness (QED) is 0.656. The minimum absolute atomic E-state index is 0.0295. The first-order valence-corrected chi connectivity index (χ1v) is 5.91. The number of hydrogen-bond donors (Lipinski definition) is 1. The fourth-order valence-electron chi connectivity index (χ4n) is 1.82. The van der Waals surface area contributed by atoms with E-state index in [2.05, 4.69) is 0 Å². The maximum Gasteiger partial charge on any atom is 0.261 e. The number of alkyl halides is 2. The van der Waals surface area contributed by atoms with Crippen molar-refractivity contribution < 1.29 is 18.3 Å². The average molecular weight is 237 g/mol. The molecule has 0 aliphatic carbocycles. The van der Waals surface area contributed by atoms with Crippen molar-refractivity contribution in [3.63, 3.8) is 0 Å². The van der Waals surface area contributed by atoms with Gasteiger partial charge in [0.2, 0.25) is 0 Å². The van der Waals surface area contributed by atoms with Gasteiger partial charge in [0.05, 0.1) is 6.10 Å². The van der Waals surface area contributed by atoms with Gasteiger partial charge in [0, 0.05) is 19.3 Å². The summed E-state index contributed by atoms with van der Waals surface area (Å²) in [6.07, 6.45) is 2.71. The van der Waals surface area contributed by atoms with Crippen molar-refractivity contribution in [3.8, 4) is 0 Å². The minimum Gasteiger partial charge on any atom is -0.378 e. The Kier molecular flexibility index (Phi) is 6.84. The first-order chi connectivity index (χ1) is 7.68. The molecule has 0 saturated carbocycles. The van der Waals surface area contributed by atoms with Crippen molar-refractivity contribution in [1.82, 2.24) is 0 Å². The molecule has 2 N–H and O–H groups in total. The lowest BCUT2D eigenvalue weighted by Gasteiger charge is -2.14. The van der Waals surface area contributed by atoms with Crippen LogP contribution < -0.4 is 5.73 Å². The van der Waals surface area contributed by atoms with Crippen LogP contribution in [0.3, 0.4) is 0 Å². The number of rotatable bonds is 8. The molecule has 5 heteroatoms. The normalized spacial score (nSPS) is 22.9. The van der Waals surface area contributed by atoms with Gasteiger partial charge in [-0.3, -0.25) is 0 Å². The highest BCUT2D eigenvalue weighted by atomic mass is 19.3. The van der Waals surface area contributed by atoms with Gasteiger partial charge < -0.3 is 15.2 Å². The number of nitrogens with two attached hydrogens (primary N) is 1. The van der Waals surface area contributed by atoms with Crippen LogP contribution in [-0.4, -0.2) is 38.4 Å². The molecule has 0 spiro atoms. The predicted octanol–water partition coefficient (Wildman–Crippen LogP) is 1.94. The highest BCUT2D eigenvalue weighted by molar-refractivity contribution is 4.69. The molecule has 1 fully saturated rings.